The molecular formula is C21H19ClN2O4S. The van der Waals surface area contributed by atoms with Crippen LogP contribution in [0.2, 0.25) is 5.02 Å². The molecule has 150 valence electrons. The summed E-state index contributed by atoms with van der Waals surface area (Å²) < 4.78 is 39.6. The summed E-state index contributed by atoms with van der Waals surface area (Å²) in [5.41, 5.74) is 1.26. The molecule has 1 aromatic heterocycles. The molecule has 0 spiro atoms. The van der Waals surface area contributed by atoms with E-state index >= 15 is 0 Å². The molecule has 0 atom stereocenters. The zero-order valence-corrected chi connectivity index (χ0v) is 17.1. The van der Waals surface area contributed by atoms with Crippen LogP contribution >= 0.6 is 11.6 Å². The molecule has 2 aromatic carbocycles. The van der Waals surface area contributed by atoms with Gasteiger partial charge in [0.25, 0.3) is 10.0 Å². The van der Waals surface area contributed by atoms with Gasteiger partial charge in [-0.05, 0) is 55.3 Å². The van der Waals surface area contributed by atoms with Gasteiger partial charge in [-0.2, -0.15) is 0 Å². The van der Waals surface area contributed by atoms with E-state index in [1.165, 1.54) is 4.31 Å². The fourth-order valence-electron chi connectivity index (χ4n) is 3.43. The zero-order valence-electron chi connectivity index (χ0n) is 15.5. The van der Waals surface area contributed by atoms with Crippen molar-refractivity contribution in [3.05, 3.63) is 59.6 Å². The Morgan fingerprint density at radius 2 is 1.90 bits per heavy atom. The standard InChI is InChI=1S/C21H19ClN2O4S/c22-16-6-9-19-18(12-16)24(10-1-11-27-19)29(25,26)17-7-4-14(5-8-17)20-13-23-21(28-20)15-2-3-15/h4-9,12-13,15H,1-3,10-11H2. The van der Waals surface area contributed by atoms with Crippen molar-refractivity contribution in [3.63, 3.8) is 0 Å². The second-order valence-electron chi connectivity index (χ2n) is 7.25. The molecule has 1 aliphatic carbocycles. The number of fused-ring (bicyclic) bond motifs is 1. The first-order chi connectivity index (χ1) is 14.0. The molecule has 0 saturated heterocycles. The van der Waals surface area contributed by atoms with Crippen molar-refractivity contribution in [1.29, 1.82) is 0 Å². The van der Waals surface area contributed by atoms with Crippen LogP contribution < -0.4 is 9.04 Å². The van der Waals surface area contributed by atoms with E-state index in [2.05, 4.69) is 4.98 Å². The quantitative estimate of drug-likeness (QED) is 0.591. The Bertz CT molecular complexity index is 1150. The molecule has 0 bridgehead atoms. The minimum absolute atomic E-state index is 0.205. The highest BCUT2D eigenvalue weighted by Gasteiger charge is 2.30. The molecule has 0 N–H and O–H groups in total. The molecule has 8 heteroatoms. The monoisotopic (exact) mass is 430 g/mol. The van der Waals surface area contributed by atoms with Crippen LogP contribution in [-0.2, 0) is 10.0 Å². The Morgan fingerprint density at radius 3 is 2.66 bits per heavy atom. The van der Waals surface area contributed by atoms with Gasteiger partial charge in [-0.1, -0.05) is 11.6 Å². The number of rotatable bonds is 4. The highest BCUT2D eigenvalue weighted by molar-refractivity contribution is 7.92. The number of nitrogens with zero attached hydrogens (tertiary/aromatic N) is 2. The van der Waals surface area contributed by atoms with Gasteiger partial charge in [0.1, 0.15) is 5.75 Å². The lowest BCUT2D eigenvalue weighted by Gasteiger charge is -2.23. The van der Waals surface area contributed by atoms with Gasteiger partial charge < -0.3 is 9.15 Å². The van der Waals surface area contributed by atoms with Gasteiger partial charge in [0.15, 0.2) is 11.7 Å². The van der Waals surface area contributed by atoms with Crippen LogP contribution in [0, 0.1) is 0 Å². The minimum Gasteiger partial charge on any atom is -0.491 e. The van der Waals surface area contributed by atoms with E-state index in [-0.39, 0.29) is 4.90 Å². The molecule has 2 heterocycles. The summed E-state index contributed by atoms with van der Waals surface area (Å²) >= 11 is 6.12. The van der Waals surface area contributed by atoms with Crippen LogP contribution in [0.4, 0.5) is 5.69 Å². The van der Waals surface area contributed by atoms with Crippen molar-refractivity contribution in [3.8, 4) is 17.1 Å². The van der Waals surface area contributed by atoms with Crippen LogP contribution in [0.15, 0.2) is 58.0 Å². The van der Waals surface area contributed by atoms with Gasteiger partial charge in [-0.15, -0.1) is 0 Å². The Labute approximate surface area is 174 Å². The first-order valence-electron chi connectivity index (χ1n) is 9.53. The average Bonchev–Trinajstić information content (AvgIpc) is 3.49. The second kappa shape index (κ2) is 7.07. The third-order valence-electron chi connectivity index (χ3n) is 5.13. The molecule has 2 aliphatic rings. The molecule has 0 amide bonds. The Hall–Kier alpha value is -2.51. The number of halogens is 1. The van der Waals surface area contributed by atoms with Crippen LogP contribution in [0.1, 0.15) is 31.1 Å². The van der Waals surface area contributed by atoms with E-state index in [0.29, 0.717) is 47.7 Å². The lowest BCUT2D eigenvalue weighted by Crippen LogP contribution is -2.31. The lowest BCUT2D eigenvalue weighted by atomic mass is 10.2. The van der Waals surface area contributed by atoms with Crippen LogP contribution in [0.5, 0.6) is 5.75 Å². The molecule has 0 radical (unpaired) electrons. The summed E-state index contributed by atoms with van der Waals surface area (Å²) in [7, 11) is -3.76. The summed E-state index contributed by atoms with van der Waals surface area (Å²) in [6.45, 7) is 0.776. The van der Waals surface area contributed by atoms with Crippen molar-refractivity contribution in [2.75, 3.05) is 17.5 Å². The van der Waals surface area contributed by atoms with E-state index in [1.807, 2.05) is 0 Å². The molecular weight excluding hydrogens is 412 g/mol. The number of benzene rings is 2. The Kier molecular flexibility index (Phi) is 4.52. The van der Waals surface area contributed by atoms with Crippen molar-refractivity contribution >= 4 is 27.3 Å². The van der Waals surface area contributed by atoms with Gasteiger partial charge in [0.05, 0.1) is 23.4 Å². The number of aromatic nitrogens is 1. The third kappa shape index (κ3) is 3.49. The third-order valence-corrected chi connectivity index (χ3v) is 7.19. The maximum Gasteiger partial charge on any atom is 0.264 e. The molecule has 1 saturated carbocycles. The van der Waals surface area contributed by atoms with Crippen molar-refractivity contribution < 1.29 is 17.6 Å². The molecule has 6 nitrogen and oxygen atoms in total. The predicted molar refractivity (Wildman–Crippen MR) is 110 cm³/mol. The first-order valence-corrected chi connectivity index (χ1v) is 11.4. The highest BCUT2D eigenvalue weighted by Crippen LogP contribution is 2.41. The number of oxazole rings is 1. The minimum atomic E-state index is -3.76. The Morgan fingerprint density at radius 1 is 1.10 bits per heavy atom. The zero-order chi connectivity index (χ0) is 20.0. The molecule has 29 heavy (non-hydrogen) atoms. The maximum atomic E-state index is 13.4. The predicted octanol–water partition coefficient (Wildman–Crippen LogP) is 4.85. The normalized spacial score (nSPS) is 16.8. The van der Waals surface area contributed by atoms with E-state index in [9.17, 15) is 8.42 Å². The van der Waals surface area contributed by atoms with Gasteiger partial charge >= 0.3 is 0 Å². The van der Waals surface area contributed by atoms with Gasteiger partial charge in [-0.3, -0.25) is 4.31 Å². The highest BCUT2D eigenvalue weighted by atomic mass is 35.5. The second-order valence-corrected chi connectivity index (χ2v) is 9.55. The van der Waals surface area contributed by atoms with Crippen LogP contribution in [-0.4, -0.2) is 26.6 Å². The van der Waals surface area contributed by atoms with Crippen molar-refractivity contribution in [1.82, 2.24) is 4.98 Å². The lowest BCUT2D eigenvalue weighted by molar-refractivity contribution is 0.322. The number of hydrogen-bond donors (Lipinski definition) is 0. The molecule has 0 unspecified atom stereocenters. The van der Waals surface area contributed by atoms with E-state index in [0.717, 1.165) is 24.3 Å². The van der Waals surface area contributed by atoms with Crippen molar-refractivity contribution in [2.45, 2.75) is 30.1 Å². The molecule has 3 aromatic rings. The van der Waals surface area contributed by atoms with Crippen LogP contribution in [0.3, 0.4) is 0 Å². The van der Waals surface area contributed by atoms with Gasteiger partial charge in [0.2, 0.25) is 0 Å². The smallest absolute Gasteiger partial charge is 0.264 e. The maximum absolute atomic E-state index is 13.4. The number of anilines is 1. The summed E-state index contributed by atoms with van der Waals surface area (Å²) in [6, 6.07) is 11.7. The topological polar surface area (TPSA) is 72.6 Å². The largest absolute Gasteiger partial charge is 0.491 e. The summed E-state index contributed by atoms with van der Waals surface area (Å²) in [6.07, 6.45) is 4.51. The van der Waals surface area contributed by atoms with Crippen molar-refractivity contribution in [2.24, 2.45) is 0 Å². The van der Waals surface area contributed by atoms with Gasteiger partial charge in [0, 0.05) is 29.5 Å². The van der Waals surface area contributed by atoms with E-state index < -0.39 is 10.0 Å². The number of sulfonamides is 1. The molecule has 1 aliphatic heterocycles. The Balaban J connectivity index is 1.47. The fourth-order valence-corrected chi connectivity index (χ4v) is 5.10. The van der Waals surface area contributed by atoms with Gasteiger partial charge in [-0.25, -0.2) is 13.4 Å². The number of ether oxygens (including phenoxy) is 1. The molecule has 5 rings (SSSR count). The molecule has 1 fully saturated rings. The van der Waals surface area contributed by atoms with Crippen LogP contribution in [0.25, 0.3) is 11.3 Å². The van der Waals surface area contributed by atoms with E-state index in [1.54, 1.807) is 48.7 Å². The SMILES string of the molecule is O=S(=O)(c1ccc(-c2cnc(C3CC3)o2)cc1)N1CCCOc2ccc(Cl)cc21. The summed E-state index contributed by atoms with van der Waals surface area (Å²) in [5, 5.41) is 0.460. The summed E-state index contributed by atoms with van der Waals surface area (Å²) in [4.78, 5) is 4.53. The number of hydrogen-bond acceptors (Lipinski definition) is 5. The van der Waals surface area contributed by atoms with E-state index in [4.69, 9.17) is 20.8 Å². The average molecular weight is 431 g/mol. The first kappa shape index (κ1) is 18.5. The fraction of sp³-hybridized carbons (Fsp3) is 0.286. The summed E-state index contributed by atoms with van der Waals surface area (Å²) in [5.74, 6) is 2.35.